The maximum atomic E-state index is 12.3. The number of rotatable bonds is 4. The molecule has 0 spiro atoms. The second kappa shape index (κ2) is 6.13. The average Bonchev–Trinajstić information content (AvgIpc) is 3.01. The number of amides is 1. The third kappa shape index (κ3) is 2.98. The fourth-order valence-corrected chi connectivity index (χ4v) is 2.04. The van der Waals surface area contributed by atoms with Gasteiger partial charge in [0.1, 0.15) is 0 Å². The minimum Gasteiger partial charge on any atom is -0.454 e. The van der Waals surface area contributed by atoms with Gasteiger partial charge < -0.3 is 14.8 Å². The van der Waals surface area contributed by atoms with Crippen molar-refractivity contribution in [3.63, 3.8) is 0 Å². The Morgan fingerprint density at radius 1 is 1.18 bits per heavy atom. The molecule has 0 aliphatic carbocycles. The van der Waals surface area contributed by atoms with E-state index < -0.39 is 0 Å². The second-order valence-electron chi connectivity index (χ2n) is 4.61. The predicted octanol–water partition coefficient (Wildman–Crippen LogP) is 3.02. The Kier molecular flexibility index (Phi) is 3.87. The summed E-state index contributed by atoms with van der Waals surface area (Å²) in [5.41, 5.74) is 1.97. The molecule has 1 N–H and O–H groups in total. The number of benzene rings is 1. The van der Waals surface area contributed by atoms with Gasteiger partial charge in [0.25, 0.3) is 5.91 Å². The Hall–Kier alpha value is -3.08. The normalized spacial score (nSPS) is 12.8. The number of carbonyl (C=O) groups excluding carboxylic acids is 1. The predicted molar refractivity (Wildman–Crippen MR) is 83.6 cm³/mol. The highest BCUT2D eigenvalue weighted by Crippen LogP contribution is 2.33. The van der Waals surface area contributed by atoms with Gasteiger partial charge in [-0.1, -0.05) is 18.7 Å². The lowest BCUT2D eigenvalue weighted by molar-refractivity contribution is -0.112. The van der Waals surface area contributed by atoms with Crippen molar-refractivity contribution in [2.75, 3.05) is 12.1 Å². The third-order valence-electron chi connectivity index (χ3n) is 3.14. The van der Waals surface area contributed by atoms with Crippen LogP contribution in [0.4, 0.5) is 5.69 Å². The second-order valence-corrected chi connectivity index (χ2v) is 4.61. The van der Waals surface area contributed by atoms with Crippen molar-refractivity contribution < 1.29 is 14.3 Å². The molecule has 1 aliphatic rings. The molecule has 0 saturated carbocycles. The lowest BCUT2D eigenvalue weighted by atomic mass is 10.1. The molecule has 110 valence electrons. The van der Waals surface area contributed by atoms with Crippen molar-refractivity contribution in [3.05, 3.63) is 66.5 Å². The van der Waals surface area contributed by atoms with E-state index in [1.807, 2.05) is 18.2 Å². The van der Waals surface area contributed by atoms with Crippen LogP contribution in [-0.2, 0) is 4.79 Å². The van der Waals surface area contributed by atoms with Gasteiger partial charge in [-0.2, -0.15) is 0 Å². The molecule has 3 rings (SSSR count). The van der Waals surface area contributed by atoms with Crippen LogP contribution in [-0.4, -0.2) is 17.7 Å². The summed E-state index contributed by atoms with van der Waals surface area (Å²) < 4.78 is 10.6. The SMILES string of the molecule is C=CC(=Cc1ccc2c(c1)OCO2)C(=O)Nc1ccncc1. The number of aromatic nitrogens is 1. The minimum absolute atomic E-state index is 0.222. The summed E-state index contributed by atoms with van der Waals surface area (Å²) in [6.07, 6.45) is 6.49. The number of ether oxygens (including phenoxy) is 2. The molecule has 22 heavy (non-hydrogen) atoms. The lowest BCUT2D eigenvalue weighted by Gasteiger charge is -2.06. The van der Waals surface area contributed by atoms with E-state index in [4.69, 9.17) is 9.47 Å². The fraction of sp³-hybridized carbons (Fsp3) is 0.0588. The van der Waals surface area contributed by atoms with E-state index in [-0.39, 0.29) is 12.7 Å². The Balaban J connectivity index is 1.81. The van der Waals surface area contributed by atoms with Gasteiger partial charge in [-0.15, -0.1) is 0 Å². The smallest absolute Gasteiger partial charge is 0.255 e. The van der Waals surface area contributed by atoms with Crippen LogP contribution in [0.5, 0.6) is 11.5 Å². The molecule has 1 amide bonds. The Morgan fingerprint density at radius 3 is 2.73 bits per heavy atom. The molecule has 5 heteroatoms. The Morgan fingerprint density at radius 2 is 1.95 bits per heavy atom. The Bertz CT molecular complexity index is 739. The van der Waals surface area contributed by atoms with E-state index in [0.717, 1.165) is 5.56 Å². The zero-order valence-corrected chi connectivity index (χ0v) is 11.8. The summed E-state index contributed by atoms with van der Waals surface area (Å²) in [6, 6.07) is 8.94. The molecule has 0 radical (unpaired) electrons. The van der Waals surface area contributed by atoms with E-state index in [1.165, 1.54) is 6.08 Å². The maximum Gasteiger partial charge on any atom is 0.255 e. The molecule has 2 heterocycles. The van der Waals surface area contributed by atoms with Crippen LogP contribution in [0.1, 0.15) is 5.56 Å². The molecule has 5 nitrogen and oxygen atoms in total. The molecular weight excluding hydrogens is 280 g/mol. The highest BCUT2D eigenvalue weighted by atomic mass is 16.7. The van der Waals surface area contributed by atoms with Crippen LogP contribution in [0.25, 0.3) is 6.08 Å². The van der Waals surface area contributed by atoms with Gasteiger partial charge in [0.2, 0.25) is 6.79 Å². The summed E-state index contributed by atoms with van der Waals surface area (Å²) in [4.78, 5) is 16.2. The fourth-order valence-electron chi connectivity index (χ4n) is 2.04. The van der Waals surface area contributed by atoms with Crippen LogP contribution in [0.3, 0.4) is 0 Å². The number of nitrogens with zero attached hydrogens (tertiary/aromatic N) is 1. The summed E-state index contributed by atoms with van der Waals surface area (Å²) >= 11 is 0. The first-order valence-electron chi connectivity index (χ1n) is 6.71. The van der Waals surface area contributed by atoms with Gasteiger partial charge in [0.15, 0.2) is 11.5 Å². The van der Waals surface area contributed by atoms with Gasteiger partial charge >= 0.3 is 0 Å². The van der Waals surface area contributed by atoms with E-state index in [1.54, 1.807) is 30.6 Å². The molecule has 0 fully saturated rings. The van der Waals surface area contributed by atoms with Crippen molar-refractivity contribution in [2.24, 2.45) is 0 Å². The van der Waals surface area contributed by atoms with Crippen molar-refractivity contribution in [1.29, 1.82) is 0 Å². The molecule has 0 unspecified atom stereocenters. The van der Waals surface area contributed by atoms with E-state index >= 15 is 0 Å². The summed E-state index contributed by atoms with van der Waals surface area (Å²) in [5, 5.41) is 2.79. The van der Waals surface area contributed by atoms with Crippen LogP contribution in [0, 0.1) is 0 Å². The van der Waals surface area contributed by atoms with Crippen molar-refractivity contribution in [1.82, 2.24) is 4.98 Å². The number of hydrogen-bond donors (Lipinski definition) is 1. The van der Waals surface area contributed by atoms with Crippen LogP contribution < -0.4 is 14.8 Å². The molecule has 2 aromatic rings. The third-order valence-corrected chi connectivity index (χ3v) is 3.14. The van der Waals surface area contributed by atoms with Crippen LogP contribution in [0.15, 0.2) is 61.0 Å². The molecule has 1 aromatic heterocycles. The van der Waals surface area contributed by atoms with Crippen molar-refractivity contribution in [3.8, 4) is 11.5 Å². The molecular formula is C17H14N2O3. The number of pyridine rings is 1. The van der Waals surface area contributed by atoms with Gasteiger partial charge in [-0.25, -0.2) is 0 Å². The first-order chi connectivity index (χ1) is 10.8. The number of hydrogen-bond acceptors (Lipinski definition) is 4. The Labute approximate surface area is 127 Å². The number of fused-ring (bicyclic) bond motifs is 1. The van der Waals surface area contributed by atoms with Crippen LogP contribution in [0.2, 0.25) is 0 Å². The number of anilines is 1. The first-order valence-corrected chi connectivity index (χ1v) is 6.71. The summed E-state index contributed by atoms with van der Waals surface area (Å²) in [6.45, 7) is 3.92. The van der Waals surface area contributed by atoms with E-state index in [0.29, 0.717) is 22.8 Å². The molecule has 1 aromatic carbocycles. The van der Waals surface area contributed by atoms with Crippen molar-refractivity contribution in [2.45, 2.75) is 0 Å². The standard InChI is InChI=1S/C17H14N2O3/c1-2-13(17(20)19-14-5-7-18-8-6-14)9-12-3-4-15-16(10-12)22-11-21-15/h2-10H,1,11H2,(H,18,19,20). The zero-order valence-electron chi connectivity index (χ0n) is 11.8. The van der Waals surface area contributed by atoms with Gasteiger partial charge in [0, 0.05) is 23.7 Å². The number of carbonyl (C=O) groups is 1. The molecule has 0 saturated heterocycles. The molecule has 0 atom stereocenters. The minimum atomic E-state index is -0.237. The van der Waals surface area contributed by atoms with Gasteiger partial charge in [-0.05, 0) is 35.9 Å². The highest BCUT2D eigenvalue weighted by Gasteiger charge is 2.13. The average molecular weight is 294 g/mol. The monoisotopic (exact) mass is 294 g/mol. The van der Waals surface area contributed by atoms with Crippen molar-refractivity contribution >= 4 is 17.7 Å². The van der Waals surface area contributed by atoms with E-state index in [2.05, 4.69) is 16.9 Å². The largest absolute Gasteiger partial charge is 0.454 e. The maximum absolute atomic E-state index is 12.3. The quantitative estimate of drug-likeness (QED) is 0.695. The van der Waals surface area contributed by atoms with Gasteiger partial charge in [0.05, 0.1) is 0 Å². The molecule has 0 bridgehead atoms. The first kappa shape index (κ1) is 13.9. The topological polar surface area (TPSA) is 60.5 Å². The van der Waals surface area contributed by atoms with Gasteiger partial charge in [-0.3, -0.25) is 9.78 Å². The zero-order chi connectivity index (χ0) is 15.4. The summed E-state index contributed by atoms with van der Waals surface area (Å²) in [7, 11) is 0. The number of nitrogens with one attached hydrogen (secondary N) is 1. The highest BCUT2D eigenvalue weighted by molar-refractivity contribution is 6.08. The summed E-state index contributed by atoms with van der Waals surface area (Å²) in [5.74, 6) is 1.14. The van der Waals surface area contributed by atoms with E-state index in [9.17, 15) is 4.79 Å². The molecule has 1 aliphatic heterocycles. The van der Waals surface area contributed by atoms with Crippen LogP contribution >= 0.6 is 0 Å². The lowest BCUT2D eigenvalue weighted by Crippen LogP contribution is -2.13.